The monoisotopic (exact) mass is 278 g/mol. The van der Waals surface area contributed by atoms with E-state index in [1.165, 1.54) is 0 Å². The second kappa shape index (κ2) is 36.0. The summed E-state index contributed by atoms with van der Waals surface area (Å²) in [5.41, 5.74) is 0. The quantitative estimate of drug-likeness (QED) is 0.346. The molecule has 6 heteroatoms. The van der Waals surface area contributed by atoms with Crippen molar-refractivity contribution in [3.05, 3.63) is 39.0 Å². The van der Waals surface area contributed by atoms with Crippen LogP contribution < -0.4 is 0 Å². The maximum Gasteiger partial charge on any atom is 0.327 e. The summed E-state index contributed by atoms with van der Waals surface area (Å²) >= 11 is 0. The fraction of sp³-hybridized carbons (Fsp3) is 0.462. The maximum absolute atomic E-state index is 9.25. The fourth-order valence-corrected chi connectivity index (χ4v) is 0.451. The third-order valence-corrected chi connectivity index (χ3v) is 1.02. The fourth-order valence-electron chi connectivity index (χ4n) is 0.451. The highest BCUT2D eigenvalue weighted by molar-refractivity contribution is 5.78. The van der Waals surface area contributed by atoms with Gasteiger partial charge in [-0.25, -0.2) is 4.79 Å². The Labute approximate surface area is 115 Å². The molecule has 3 N–H and O–H groups in total. The van der Waals surface area contributed by atoms with Gasteiger partial charge in [-0.15, -0.1) is 26.3 Å². The van der Waals surface area contributed by atoms with Gasteiger partial charge in [0.15, 0.2) is 0 Å². The van der Waals surface area contributed by atoms with Crippen molar-refractivity contribution < 1.29 is 29.6 Å². The molecule has 0 saturated carbocycles. The molecule has 0 unspecified atom stereocenters. The van der Waals surface area contributed by atoms with Crippen molar-refractivity contribution in [2.45, 2.75) is 0 Å². The molecule has 0 aromatic carbocycles. The number of ether oxygens (including phenoxy) is 2. The molecule has 0 aromatic rings. The average molecular weight is 278 g/mol. The van der Waals surface area contributed by atoms with Gasteiger partial charge in [-0.1, -0.05) is 6.58 Å². The Hall–Kier alpha value is -1.47. The summed E-state index contributed by atoms with van der Waals surface area (Å²) in [5, 5.41) is 24.1. The van der Waals surface area contributed by atoms with E-state index < -0.39 is 5.97 Å². The van der Waals surface area contributed by atoms with Gasteiger partial charge in [0, 0.05) is 6.08 Å². The molecule has 19 heavy (non-hydrogen) atoms. The first-order valence-corrected chi connectivity index (χ1v) is 5.41. The lowest BCUT2D eigenvalue weighted by molar-refractivity contribution is -0.131. The van der Waals surface area contributed by atoms with Crippen LogP contribution in [0.4, 0.5) is 0 Å². The van der Waals surface area contributed by atoms with Crippen LogP contribution in [-0.2, 0) is 14.3 Å². The highest BCUT2D eigenvalue weighted by Crippen LogP contribution is 1.76. The summed E-state index contributed by atoms with van der Waals surface area (Å²) < 4.78 is 9.75. The summed E-state index contributed by atoms with van der Waals surface area (Å²) in [6.45, 7) is 16.7. The van der Waals surface area contributed by atoms with Crippen molar-refractivity contribution in [3.63, 3.8) is 0 Å². The number of rotatable bonds is 8. The average Bonchev–Trinajstić information content (AvgIpc) is 2.47. The van der Waals surface area contributed by atoms with Gasteiger partial charge in [-0.3, -0.25) is 0 Å². The second-order valence-electron chi connectivity index (χ2n) is 2.21. The van der Waals surface area contributed by atoms with E-state index in [9.17, 15) is 4.79 Å². The highest BCUT2D eigenvalue weighted by atomic mass is 16.5. The van der Waals surface area contributed by atoms with Crippen molar-refractivity contribution in [2.75, 3.05) is 39.6 Å². The van der Waals surface area contributed by atoms with Crippen LogP contribution in [0.5, 0.6) is 0 Å². The van der Waals surface area contributed by atoms with E-state index in [4.69, 9.17) is 24.8 Å². The lowest BCUT2D eigenvalue weighted by Crippen LogP contribution is -2.09. The SMILES string of the molecule is C=C.C=C.C=CC(=O)O.OCCOCCOCCO. The van der Waals surface area contributed by atoms with Gasteiger partial charge >= 0.3 is 5.97 Å². The summed E-state index contributed by atoms with van der Waals surface area (Å²) in [4.78, 5) is 9.25. The Morgan fingerprint density at radius 2 is 1.16 bits per heavy atom. The van der Waals surface area contributed by atoms with Crippen molar-refractivity contribution in [1.29, 1.82) is 0 Å². The van der Waals surface area contributed by atoms with Crippen LogP contribution in [0.2, 0.25) is 0 Å². The molecule has 0 bridgehead atoms. The minimum atomic E-state index is -0.981. The Bertz CT molecular complexity index is 163. The number of carbonyl (C=O) groups is 1. The zero-order chi connectivity index (χ0) is 15.9. The van der Waals surface area contributed by atoms with E-state index in [0.717, 1.165) is 6.08 Å². The van der Waals surface area contributed by atoms with Gasteiger partial charge in [-0.2, -0.15) is 0 Å². The third-order valence-electron chi connectivity index (χ3n) is 1.02. The molecule has 0 rings (SSSR count). The van der Waals surface area contributed by atoms with E-state index in [1.807, 2.05) is 0 Å². The predicted molar refractivity (Wildman–Crippen MR) is 76.2 cm³/mol. The molecule has 0 saturated heterocycles. The van der Waals surface area contributed by atoms with Crippen LogP contribution in [0.3, 0.4) is 0 Å². The molecule has 0 aliphatic carbocycles. The molecule has 0 aliphatic heterocycles. The number of hydrogen-bond acceptors (Lipinski definition) is 5. The number of hydrogen-bond donors (Lipinski definition) is 3. The van der Waals surface area contributed by atoms with E-state index in [1.54, 1.807) is 0 Å². The maximum atomic E-state index is 9.25. The zero-order valence-corrected chi connectivity index (χ0v) is 11.4. The van der Waals surface area contributed by atoms with Crippen molar-refractivity contribution >= 4 is 5.97 Å². The summed E-state index contributed by atoms with van der Waals surface area (Å²) in [5.74, 6) is -0.981. The molecule has 0 spiro atoms. The Morgan fingerprint density at radius 3 is 1.32 bits per heavy atom. The minimum absolute atomic E-state index is 0.0417. The molecule has 0 atom stereocenters. The molecular formula is C13H26O6. The normalized spacial score (nSPS) is 7.47. The lowest BCUT2D eigenvalue weighted by atomic mass is 10.7. The molecule has 0 amide bonds. The van der Waals surface area contributed by atoms with Crippen LogP contribution in [0.25, 0.3) is 0 Å². The lowest BCUT2D eigenvalue weighted by Gasteiger charge is -2.01. The van der Waals surface area contributed by atoms with Crippen LogP contribution >= 0.6 is 0 Å². The zero-order valence-electron chi connectivity index (χ0n) is 11.4. The van der Waals surface area contributed by atoms with Crippen molar-refractivity contribution in [2.24, 2.45) is 0 Å². The number of aliphatic hydroxyl groups is 2. The molecule has 0 aliphatic rings. The summed E-state index contributed by atoms with van der Waals surface area (Å²) in [7, 11) is 0. The smallest absolute Gasteiger partial charge is 0.327 e. The summed E-state index contributed by atoms with van der Waals surface area (Å²) in [6.07, 6.45) is 0.833. The molecule has 0 aromatic heterocycles. The van der Waals surface area contributed by atoms with Crippen LogP contribution in [0.15, 0.2) is 39.0 Å². The van der Waals surface area contributed by atoms with Gasteiger partial charge in [0.05, 0.1) is 39.6 Å². The van der Waals surface area contributed by atoms with Crippen LogP contribution in [0, 0.1) is 0 Å². The first-order chi connectivity index (χ1) is 9.18. The van der Waals surface area contributed by atoms with Crippen LogP contribution in [-0.4, -0.2) is 60.9 Å². The molecular weight excluding hydrogens is 252 g/mol. The van der Waals surface area contributed by atoms with Crippen molar-refractivity contribution in [3.8, 4) is 0 Å². The molecule has 6 nitrogen and oxygen atoms in total. The van der Waals surface area contributed by atoms with Crippen LogP contribution in [0.1, 0.15) is 0 Å². The van der Waals surface area contributed by atoms with E-state index in [2.05, 4.69) is 32.9 Å². The standard InChI is InChI=1S/C6H14O4.C3H4O2.2C2H4/c7-1-3-9-5-6-10-4-2-8;1-2-3(4)5;2*1-2/h7-8H,1-6H2;2H,1H2,(H,4,5);2*1-2H2. The highest BCUT2D eigenvalue weighted by Gasteiger charge is 1.86. The Kier molecular flexibility index (Phi) is 49.5. The predicted octanol–water partition coefficient (Wildman–Crippen LogP) is 0.866. The first-order valence-electron chi connectivity index (χ1n) is 5.41. The van der Waals surface area contributed by atoms with Gasteiger partial charge in [0.1, 0.15) is 0 Å². The number of carboxylic acids is 1. The Balaban J connectivity index is -0.000000105. The van der Waals surface area contributed by atoms with Gasteiger partial charge < -0.3 is 24.8 Å². The van der Waals surface area contributed by atoms with E-state index in [-0.39, 0.29) is 13.2 Å². The van der Waals surface area contributed by atoms with Gasteiger partial charge in [-0.05, 0) is 0 Å². The number of carboxylic acid groups (broad SMARTS) is 1. The summed E-state index contributed by atoms with van der Waals surface area (Å²) in [6, 6.07) is 0. The molecule has 0 fully saturated rings. The second-order valence-corrected chi connectivity index (χ2v) is 2.21. The molecule has 0 heterocycles. The topological polar surface area (TPSA) is 96.2 Å². The number of aliphatic hydroxyl groups excluding tert-OH is 2. The third kappa shape index (κ3) is 61.5. The van der Waals surface area contributed by atoms with Gasteiger partial charge in [0.25, 0.3) is 0 Å². The molecule has 0 radical (unpaired) electrons. The minimum Gasteiger partial charge on any atom is -0.478 e. The van der Waals surface area contributed by atoms with E-state index in [0.29, 0.717) is 26.4 Å². The largest absolute Gasteiger partial charge is 0.478 e. The van der Waals surface area contributed by atoms with Gasteiger partial charge in [0.2, 0.25) is 0 Å². The Morgan fingerprint density at radius 1 is 0.895 bits per heavy atom. The van der Waals surface area contributed by atoms with Crippen molar-refractivity contribution in [1.82, 2.24) is 0 Å². The van der Waals surface area contributed by atoms with E-state index >= 15 is 0 Å². The molecule has 114 valence electrons. The first kappa shape index (κ1) is 26.2. The number of aliphatic carboxylic acids is 1.